The maximum atomic E-state index is 13.9. The molecule has 2 aromatic carbocycles. The van der Waals surface area contributed by atoms with Gasteiger partial charge >= 0.3 is 5.97 Å². The molecule has 4 rings (SSSR count). The largest absolute Gasteiger partial charge is 0.463 e. The van der Waals surface area contributed by atoms with Crippen LogP contribution in [0.5, 0.6) is 0 Å². The van der Waals surface area contributed by atoms with E-state index in [2.05, 4.69) is 4.90 Å². The average Bonchev–Trinajstić information content (AvgIpc) is 2.86. The van der Waals surface area contributed by atoms with Gasteiger partial charge < -0.3 is 19.4 Å². The summed E-state index contributed by atoms with van der Waals surface area (Å²) in [5, 5.41) is 0.663. The summed E-state index contributed by atoms with van der Waals surface area (Å²) in [6.45, 7) is 5.54. The first-order valence-electron chi connectivity index (χ1n) is 12.0. The molecule has 2 aromatic rings. The number of hydrogen-bond acceptors (Lipinski definition) is 5. The number of para-hydroxylation sites is 1. The highest BCUT2D eigenvalue weighted by atomic mass is 35.5. The van der Waals surface area contributed by atoms with Crippen LogP contribution < -0.4 is 4.90 Å². The summed E-state index contributed by atoms with van der Waals surface area (Å²) in [5.41, 5.74) is 2.09. The van der Waals surface area contributed by atoms with E-state index in [-0.39, 0.29) is 37.0 Å². The Balaban J connectivity index is 1.51. The van der Waals surface area contributed by atoms with Crippen molar-refractivity contribution in [3.63, 3.8) is 0 Å². The number of hydrogen-bond donors (Lipinski definition) is 0. The fourth-order valence-corrected chi connectivity index (χ4v) is 5.08. The number of allylic oxidation sites excluding steroid dienone is 1. The molecule has 0 aromatic heterocycles. The predicted molar refractivity (Wildman–Crippen MR) is 135 cm³/mol. The van der Waals surface area contributed by atoms with Crippen LogP contribution in [0.3, 0.4) is 0 Å². The highest BCUT2D eigenvalue weighted by Gasteiger charge is 2.38. The van der Waals surface area contributed by atoms with Gasteiger partial charge in [0.2, 0.25) is 11.8 Å². The molecule has 2 aliphatic rings. The lowest BCUT2D eigenvalue weighted by atomic mass is 9.83. The van der Waals surface area contributed by atoms with Crippen molar-refractivity contribution in [2.75, 3.05) is 44.2 Å². The van der Waals surface area contributed by atoms with Crippen LogP contribution in [0.1, 0.15) is 31.7 Å². The Morgan fingerprint density at radius 1 is 1.08 bits per heavy atom. The van der Waals surface area contributed by atoms with Crippen molar-refractivity contribution in [3.8, 4) is 0 Å². The molecule has 0 saturated carbocycles. The maximum absolute atomic E-state index is 13.9. The summed E-state index contributed by atoms with van der Waals surface area (Å²) in [5.74, 6) is -2.15. The molecule has 2 heterocycles. The highest BCUT2D eigenvalue weighted by molar-refractivity contribution is 6.33. The van der Waals surface area contributed by atoms with Gasteiger partial charge in [-0.2, -0.15) is 0 Å². The molecule has 1 unspecified atom stereocenters. The number of nitrogens with zero attached hydrogens (tertiary/aromatic N) is 3. The Morgan fingerprint density at radius 2 is 1.81 bits per heavy atom. The lowest BCUT2D eigenvalue weighted by molar-refractivity contribution is -0.142. The molecular formula is C27H29ClFN3O4. The highest BCUT2D eigenvalue weighted by Crippen LogP contribution is 2.37. The minimum atomic E-state index is -0.641. The Labute approximate surface area is 215 Å². The van der Waals surface area contributed by atoms with Crippen LogP contribution in [0.15, 0.2) is 59.8 Å². The number of amides is 2. The second kappa shape index (κ2) is 11.1. The Hall–Kier alpha value is -3.39. The molecule has 36 heavy (non-hydrogen) atoms. The molecule has 2 amide bonds. The van der Waals surface area contributed by atoms with Gasteiger partial charge in [-0.1, -0.05) is 35.9 Å². The lowest BCUT2D eigenvalue weighted by Crippen LogP contribution is -2.52. The first kappa shape index (κ1) is 25.7. The molecule has 1 atom stereocenters. The van der Waals surface area contributed by atoms with Gasteiger partial charge in [0.1, 0.15) is 12.4 Å². The standard InChI is InChI=1S/C27H29ClFN3O4/c1-3-36-27(35)26-18(2)32(24(33)16-21(26)19-7-6-8-20(29)15-19)17-25(34)31-13-11-30(12-14-31)23-10-5-4-9-22(23)28/h4-10,15,21H,3,11-14,16-17H2,1-2H3. The Bertz CT molecular complexity index is 1190. The quantitative estimate of drug-likeness (QED) is 0.546. The predicted octanol–water partition coefficient (Wildman–Crippen LogP) is 3.98. The van der Waals surface area contributed by atoms with Crippen LogP contribution in [0.25, 0.3) is 0 Å². The second-order valence-electron chi connectivity index (χ2n) is 8.83. The summed E-state index contributed by atoms with van der Waals surface area (Å²) in [6, 6.07) is 13.5. The smallest absolute Gasteiger partial charge is 0.336 e. The third-order valence-corrected chi connectivity index (χ3v) is 7.01. The average molecular weight is 514 g/mol. The van der Waals surface area contributed by atoms with Crippen molar-refractivity contribution in [3.05, 3.63) is 76.2 Å². The monoisotopic (exact) mass is 513 g/mol. The number of piperazine rings is 1. The first-order valence-corrected chi connectivity index (χ1v) is 12.4. The van der Waals surface area contributed by atoms with E-state index >= 15 is 0 Å². The van der Waals surface area contributed by atoms with Gasteiger partial charge in [-0.05, 0) is 43.7 Å². The number of ether oxygens (including phenoxy) is 1. The van der Waals surface area contributed by atoms with E-state index in [9.17, 15) is 18.8 Å². The lowest BCUT2D eigenvalue weighted by Gasteiger charge is -2.38. The molecule has 190 valence electrons. The van der Waals surface area contributed by atoms with Crippen LogP contribution in [-0.4, -0.2) is 66.9 Å². The maximum Gasteiger partial charge on any atom is 0.336 e. The van der Waals surface area contributed by atoms with E-state index in [0.717, 1.165) is 5.69 Å². The number of benzene rings is 2. The Morgan fingerprint density at radius 3 is 2.47 bits per heavy atom. The fourth-order valence-electron chi connectivity index (χ4n) is 4.83. The van der Waals surface area contributed by atoms with Gasteiger partial charge in [0.05, 0.1) is 22.9 Å². The third kappa shape index (κ3) is 5.38. The molecule has 0 spiro atoms. The van der Waals surface area contributed by atoms with Crippen LogP contribution in [-0.2, 0) is 19.1 Å². The fraction of sp³-hybridized carbons (Fsp3) is 0.370. The Kier molecular flexibility index (Phi) is 7.94. The van der Waals surface area contributed by atoms with E-state index in [1.165, 1.54) is 17.0 Å². The van der Waals surface area contributed by atoms with Crippen molar-refractivity contribution in [1.82, 2.24) is 9.80 Å². The number of carbonyl (C=O) groups excluding carboxylic acids is 3. The molecular weight excluding hydrogens is 485 g/mol. The summed E-state index contributed by atoms with van der Waals surface area (Å²) < 4.78 is 19.2. The zero-order chi connectivity index (χ0) is 25.8. The molecule has 2 aliphatic heterocycles. The van der Waals surface area contributed by atoms with Gasteiger partial charge in [-0.3, -0.25) is 9.59 Å². The number of carbonyl (C=O) groups is 3. The molecule has 1 fully saturated rings. The minimum absolute atomic E-state index is 0.0531. The van der Waals surface area contributed by atoms with Gasteiger partial charge in [0, 0.05) is 44.2 Å². The van der Waals surface area contributed by atoms with Crippen molar-refractivity contribution in [1.29, 1.82) is 0 Å². The van der Waals surface area contributed by atoms with Crippen LogP contribution in [0, 0.1) is 5.82 Å². The van der Waals surface area contributed by atoms with Gasteiger partial charge in [-0.25, -0.2) is 9.18 Å². The third-order valence-electron chi connectivity index (χ3n) is 6.69. The van der Waals surface area contributed by atoms with E-state index in [1.54, 1.807) is 30.9 Å². The van der Waals surface area contributed by atoms with Crippen LogP contribution >= 0.6 is 11.6 Å². The second-order valence-corrected chi connectivity index (χ2v) is 9.24. The van der Waals surface area contributed by atoms with Crippen molar-refractivity contribution in [2.24, 2.45) is 0 Å². The van der Waals surface area contributed by atoms with Crippen LogP contribution in [0.4, 0.5) is 10.1 Å². The summed E-state index contributed by atoms with van der Waals surface area (Å²) in [4.78, 5) is 44.4. The molecule has 0 aliphatic carbocycles. The topological polar surface area (TPSA) is 70.2 Å². The molecule has 0 bridgehead atoms. The van der Waals surface area contributed by atoms with E-state index in [1.807, 2.05) is 24.3 Å². The molecule has 0 radical (unpaired) electrons. The first-order chi connectivity index (χ1) is 17.3. The number of halogens is 2. The normalized spacial score (nSPS) is 18.5. The number of rotatable bonds is 6. The van der Waals surface area contributed by atoms with Crippen molar-refractivity contribution < 1.29 is 23.5 Å². The van der Waals surface area contributed by atoms with Gasteiger partial charge in [0.25, 0.3) is 0 Å². The SMILES string of the molecule is CCOC(=O)C1=C(C)N(CC(=O)N2CCN(c3ccccc3Cl)CC2)C(=O)CC1c1cccc(F)c1. The summed E-state index contributed by atoms with van der Waals surface area (Å²) >= 11 is 6.31. The summed E-state index contributed by atoms with van der Waals surface area (Å²) in [6.07, 6.45) is -0.0531. The van der Waals surface area contributed by atoms with Crippen molar-refractivity contribution >= 4 is 35.1 Å². The zero-order valence-electron chi connectivity index (χ0n) is 20.4. The molecule has 0 N–H and O–H groups in total. The van der Waals surface area contributed by atoms with E-state index in [4.69, 9.17) is 16.3 Å². The number of esters is 1. The van der Waals surface area contributed by atoms with E-state index in [0.29, 0.717) is 42.5 Å². The van der Waals surface area contributed by atoms with Gasteiger partial charge in [0.15, 0.2) is 0 Å². The van der Waals surface area contributed by atoms with Gasteiger partial charge in [-0.15, -0.1) is 0 Å². The number of anilines is 1. The van der Waals surface area contributed by atoms with E-state index < -0.39 is 17.7 Å². The molecule has 1 saturated heterocycles. The van der Waals surface area contributed by atoms with Crippen LogP contribution in [0.2, 0.25) is 5.02 Å². The molecule has 9 heteroatoms. The summed E-state index contributed by atoms with van der Waals surface area (Å²) in [7, 11) is 0. The van der Waals surface area contributed by atoms with Crippen molar-refractivity contribution in [2.45, 2.75) is 26.2 Å². The zero-order valence-corrected chi connectivity index (χ0v) is 21.1. The minimum Gasteiger partial charge on any atom is -0.463 e. The molecule has 7 nitrogen and oxygen atoms in total.